The molecule has 0 saturated carbocycles. The molecular formula is C11H16N2O6S2. The highest BCUT2D eigenvalue weighted by Gasteiger charge is 2.18. The number of rotatable bonds is 7. The van der Waals surface area contributed by atoms with E-state index in [1.54, 1.807) is 0 Å². The molecule has 1 aromatic carbocycles. The Morgan fingerprint density at radius 2 is 1.86 bits per heavy atom. The van der Waals surface area contributed by atoms with Crippen molar-refractivity contribution in [1.29, 1.82) is 0 Å². The van der Waals surface area contributed by atoms with E-state index in [0.717, 1.165) is 6.07 Å². The molecule has 1 aromatic rings. The molecule has 0 heterocycles. The second-order valence-electron chi connectivity index (χ2n) is 4.45. The number of nitrogens with one attached hydrogen (secondary N) is 1. The van der Waals surface area contributed by atoms with E-state index in [-0.39, 0.29) is 22.8 Å². The maximum atomic E-state index is 12.0. The summed E-state index contributed by atoms with van der Waals surface area (Å²) < 4.78 is 48.5. The van der Waals surface area contributed by atoms with Gasteiger partial charge in [0.2, 0.25) is 20.0 Å². The number of primary sulfonamides is 1. The van der Waals surface area contributed by atoms with Gasteiger partial charge in [0.05, 0.1) is 15.7 Å². The van der Waals surface area contributed by atoms with Crippen molar-refractivity contribution >= 4 is 26.0 Å². The number of nitrogens with two attached hydrogens (primary N) is 1. The van der Waals surface area contributed by atoms with Crippen molar-refractivity contribution in [3.8, 4) is 0 Å². The zero-order valence-corrected chi connectivity index (χ0v) is 12.8. The van der Waals surface area contributed by atoms with Gasteiger partial charge in [-0.2, -0.15) is 0 Å². The van der Waals surface area contributed by atoms with Crippen LogP contribution in [0.3, 0.4) is 0 Å². The van der Waals surface area contributed by atoms with Crippen LogP contribution < -0.4 is 9.86 Å². The first-order chi connectivity index (χ1) is 9.54. The largest absolute Gasteiger partial charge is 0.481 e. The lowest BCUT2D eigenvalue weighted by molar-refractivity contribution is -0.141. The number of carbonyl (C=O) groups is 1. The topological polar surface area (TPSA) is 144 Å². The van der Waals surface area contributed by atoms with Crippen LogP contribution in [0.2, 0.25) is 0 Å². The molecule has 10 heteroatoms. The van der Waals surface area contributed by atoms with Crippen LogP contribution in [0.5, 0.6) is 0 Å². The molecule has 0 aliphatic heterocycles. The second kappa shape index (κ2) is 6.52. The summed E-state index contributed by atoms with van der Waals surface area (Å²) >= 11 is 0. The molecule has 0 aromatic heterocycles. The van der Waals surface area contributed by atoms with Gasteiger partial charge in [-0.25, -0.2) is 26.7 Å². The number of sulfonamides is 2. The maximum absolute atomic E-state index is 12.0. The highest BCUT2D eigenvalue weighted by molar-refractivity contribution is 7.90. The van der Waals surface area contributed by atoms with Crippen molar-refractivity contribution in [1.82, 2.24) is 4.72 Å². The van der Waals surface area contributed by atoms with Crippen molar-refractivity contribution < 1.29 is 26.7 Å². The number of benzene rings is 1. The molecule has 8 nitrogen and oxygen atoms in total. The number of carboxylic acid groups (broad SMARTS) is 1. The fourth-order valence-electron chi connectivity index (χ4n) is 1.43. The van der Waals surface area contributed by atoms with Gasteiger partial charge in [0.15, 0.2) is 0 Å². The van der Waals surface area contributed by atoms with Crippen molar-refractivity contribution in [3.05, 3.63) is 24.3 Å². The molecule has 118 valence electrons. The minimum Gasteiger partial charge on any atom is -0.481 e. The Morgan fingerprint density at radius 1 is 1.29 bits per heavy atom. The Labute approximate surface area is 123 Å². The van der Waals surface area contributed by atoms with E-state index >= 15 is 0 Å². The molecule has 0 amide bonds. The van der Waals surface area contributed by atoms with Crippen LogP contribution in [0.15, 0.2) is 34.1 Å². The predicted octanol–water partition coefficient (Wildman–Crippen LogP) is -0.277. The first-order valence-electron chi connectivity index (χ1n) is 5.89. The fourth-order valence-corrected chi connectivity index (χ4v) is 3.16. The Hall–Kier alpha value is -1.49. The highest BCUT2D eigenvalue weighted by Crippen LogP contribution is 2.14. The standard InChI is InChI=1S/C11H16N2O6S2/c1-8(11(14)15)5-6-13-21(18,19)10-4-2-3-9(7-10)20(12,16)17/h2-4,7-8,13H,5-6H2,1H3,(H,14,15)(H2,12,16,17). The molecule has 0 saturated heterocycles. The van der Waals surface area contributed by atoms with Crippen LogP contribution >= 0.6 is 0 Å². The zero-order chi connectivity index (χ0) is 16.3. The minimum absolute atomic E-state index is 0.0740. The lowest BCUT2D eigenvalue weighted by atomic mass is 10.1. The molecule has 1 rings (SSSR count). The monoisotopic (exact) mass is 336 g/mol. The Bertz CT molecular complexity index is 727. The first kappa shape index (κ1) is 17.6. The van der Waals surface area contributed by atoms with Gasteiger partial charge in [-0.15, -0.1) is 0 Å². The van der Waals surface area contributed by atoms with E-state index in [2.05, 4.69) is 4.72 Å². The number of hydrogen-bond donors (Lipinski definition) is 3. The molecule has 1 unspecified atom stereocenters. The van der Waals surface area contributed by atoms with Crippen molar-refractivity contribution in [2.45, 2.75) is 23.1 Å². The van der Waals surface area contributed by atoms with Gasteiger partial charge in [-0.05, 0) is 24.6 Å². The molecule has 0 aliphatic rings. The van der Waals surface area contributed by atoms with Gasteiger partial charge >= 0.3 is 5.97 Å². The van der Waals surface area contributed by atoms with Crippen LogP contribution in [0.4, 0.5) is 0 Å². The molecule has 0 spiro atoms. The van der Waals surface area contributed by atoms with E-state index in [0.29, 0.717) is 0 Å². The van der Waals surface area contributed by atoms with E-state index in [4.69, 9.17) is 10.2 Å². The van der Waals surface area contributed by atoms with Crippen LogP contribution in [0.1, 0.15) is 13.3 Å². The molecule has 0 bridgehead atoms. The first-order valence-corrected chi connectivity index (χ1v) is 8.92. The zero-order valence-electron chi connectivity index (χ0n) is 11.2. The molecular weight excluding hydrogens is 320 g/mol. The highest BCUT2D eigenvalue weighted by atomic mass is 32.2. The van der Waals surface area contributed by atoms with Crippen LogP contribution in [-0.4, -0.2) is 34.5 Å². The van der Waals surface area contributed by atoms with Gasteiger partial charge < -0.3 is 5.11 Å². The predicted molar refractivity (Wildman–Crippen MR) is 74.4 cm³/mol. The normalized spacial score (nSPS) is 13.8. The van der Waals surface area contributed by atoms with Crippen LogP contribution in [0, 0.1) is 5.92 Å². The van der Waals surface area contributed by atoms with Gasteiger partial charge in [0.25, 0.3) is 0 Å². The molecule has 0 fully saturated rings. The third-order valence-electron chi connectivity index (χ3n) is 2.74. The van der Waals surface area contributed by atoms with Crippen molar-refractivity contribution in [2.75, 3.05) is 6.54 Å². The Balaban J connectivity index is 2.87. The summed E-state index contributed by atoms with van der Waals surface area (Å²) in [5.41, 5.74) is 0. The number of aliphatic carboxylic acids is 1. The van der Waals surface area contributed by atoms with Gasteiger partial charge in [0.1, 0.15) is 0 Å². The molecule has 0 aliphatic carbocycles. The summed E-state index contributed by atoms with van der Waals surface area (Å²) in [5, 5.41) is 13.6. The van der Waals surface area contributed by atoms with Crippen LogP contribution in [0.25, 0.3) is 0 Å². The average Bonchev–Trinajstić information content (AvgIpc) is 2.37. The summed E-state index contributed by atoms with van der Waals surface area (Å²) in [6, 6.07) is 4.60. The summed E-state index contributed by atoms with van der Waals surface area (Å²) in [6.45, 7) is 1.38. The average molecular weight is 336 g/mol. The summed E-state index contributed by atoms with van der Waals surface area (Å²) in [6.07, 6.45) is 0.115. The number of hydrogen-bond acceptors (Lipinski definition) is 5. The van der Waals surface area contributed by atoms with Crippen molar-refractivity contribution in [3.63, 3.8) is 0 Å². The quantitative estimate of drug-likeness (QED) is 0.625. The Morgan fingerprint density at radius 3 is 2.38 bits per heavy atom. The lowest BCUT2D eigenvalue weighted by Gasteiger charge is -2.09. The van der Waals surface area contributed by atoms with Gasteiger partial charge in [-0.3, -0.25) is 4.79 Å². The third kappa shape index (κ3) is 5.08. The van der Waals surface area contributed by atoms with E-state index in [9.17, 15) is 21.6 Å². The minimum atomic E-state index is -4.00. The number of carboxylic acids is 1. The van der Waals surface area contributed by atoms with Gasteiger partial charge in [0, 0.05) is 6.54 Å². The van der Waals surface area contributed by atoms with Crippen LogP contribution in [-0.2, 0) is 24.8 Å². The lowest BCUT2D eigenvalue weighted by Crippen LogP contribution is -2.27. The Kier molecular flexibility index (Phi) is 5.45. The molecule has 21 heavy (non-hydrogen) atoms. The smallest absolute Gasteiger partial charge is 0.306 e. The molecule has 0 radical (unpaired) electrons. The SMILES string of the molecule is CC(CCNS(=O)(=O)c1cccc(S(N)(=O)=O)c1)C(=O)O. The molecule has 1 atom stereocenters. The molecule has 4 N–H and O–H groups in total. The third-order valence-corrected chi connectivity index (χ3v) is 5.11. The fraction of sp³-hybridized carbons (Fsp3) is 0.364. The second-order valence-corrected chi connectivity index (χ2v) is 7.77. The summed E-state index contributed by atoms with van der Waals surface area (Å²) in [4.78, 5) is 10.1. The van der Waals surface area contributed by atoms with E-state index in [1.165, 1.54) is 25.1 Å². The van der Waals surface area contributed by atoms with E-state index in [1.807, 2.05) is 0 Å². The van der Waals surface area contributed by atoms with Gasteiger partial charge in [-0.1, -0.05) is 13.0 Å². The van der Waals surface area contributed by atoms with Crippen molar-refractivity contribution in [2.24, 2.45) is 11.1 Å². The maximum Gasteiger partial charge on any atom is 0.306 e. The summed E-state index contributed by atoms with van der Waals surface area (Å²) in [7, 11) is -7.93. The van der Waals surface area contributed by atoms with E-state index < -0.39 is 31.9 Å². The summed E-state index contributed by atoms with van der Waals surface area (Å²) in [5.74, 6) is -1.71.